The van der Waals surface area contributed by atoms with Crippen LogP contribution in [0.15, 0.2) is 0 Å². The zero-order valence-corrected chi connectivity index (χ0v) is 12.2. The van der Waals surface area contributed by atoms with Gasteiger partial charge in [0.25, 0.3) is 0 Å². The molecule has 0 radical (unpaired) electrons. The van der Waals surface area contributed by atoms with Crippen molar-refractivity contribution < 1.29 is 9.90 Å². The molecule has 1 rings (SSSR count). The van der Waals surface area contributed by atoms with Gasteiger partial charge >= 0.3 is 0 Å². The van der Waals surface area contributed by atoms with E-state index in [1.165, 1.54) is 6.42 Å². The van der Waals surface area contributed by atoms with Crippen LogP contribution in [0.25, 0.3) is 0 Å². The van der Waals surface area contributed by atoms with Gasteiger partial charge in [-0.2, -0.15) is 0 Å². The van der Waals surface area contributed by atoms with Gasteiger partial charge in [0.15, 0.2) is 0 Å². The number of aliphatic hydroxyl groups excluding tert-OH is 1. The fraction of sp³-hybridized carbons (Fsp3) is 0.933. The highest BCUT2D eigenvalue weighted by atomic mass is 16.2. The number of carbonyl (C=O) groups excluding carboxylic acids is 1. The molecule has 106 valence electrons. The Morgan fingerprint density at radius 1 is 1.28 bits per heavy atom. The van der Waals surface area contributed by atoms with Crippen molar-refractivity contribution in [1.29, 1.82) is 0 Å². The Balaban J connectivity index is 2.29. The third-order valence-corrected chi connectivity index (χ3v) is 4.13. The summed E-state index contributed by atoms with van der Waals surface area (Å²) in [6.45, 7) is 6.64. The number of Topliss-reactive ketones (excluding diaryl/α,β-unsaturated/α-hetero) is 1. The molecule has 0 aliphatic heterocycles. The van der Waals surface area contributed by atoms with Gasteiger partial charge in [0.2, 0.25) is 0 Å². The van der Waals surface area contributed by atoms with Crippen LogP contribution in [0.1, 0.15) is 46.0 Å². The Morgan fingerprint density at radius 3 is 2.61 bits per heavy atom. The van der Waals surface area contributed by atoms with Crippen LogP contribution in [0.3, 0.4) is 0 Å². The Bertz CT molecular complexity index is 255. The highest BCUT2D eigenvalue weighted by Crippen LogP contribution is 2.31. The van der Waals surface area contributed by atoms with Crippen molar-refractivity contribution in [3.8, 4) is 0 Å². The number of unbranched alkanes of at least 4 members (excludes halogenated alkanes) is 2. The Labute approximate surface area is 112 Å². The summed E-state index contributed by atoms with van der Waals surface area (Å²) >= 11 is 0. The normalized spacial score (nSPS) is 28.9. The van der Waals surface area contributed by atoms with Crippen LogP contribution >= 0.6 is 0 Å². The van der Waals surface area contributed by atoms with Crippen LogP contribution in [0.4, 0.5) is 0 Å². The molecule has 0 spiro atoms. The van der Waals surface area contributed by atoms with Crippen LogP contribution < -0.4 is 0 Å². The van der Waals surface area contributed by atoms with Crippen LogP contribution in [0.2, 0.25) is 0 Å². The molecule has 1 fully saturated rings. The lowest BCUT2D eigenvalue weighted by Crippen LogP contribution is -2.39. The van der Waals surface area contributed by atoms with Crippen molar-refractivity contribution in [2.24, 2.45) is 17.8 Å². The van der Waals surface area contributed by atoms with Gasteiger partial charge in [-0.1, -0.05) is 13.8 Å². The van der Waals surface area contributed by atoms with Gasteiger partial charge in [-0.25, -0.2) is 0 Å². The van der Waals surface area contributed by atoms with Crippen LogP contribution in [-0.2, 0) is 4.79 Å². The number of rotatable bonds is 7. The summed E-state index contributed by atoms with van der Waals surface area (Å²) in [7, 11) is 2.11. The first-order valence-corrected chi connectivity index (χ1v) is 7.36. The van der Waals surface area contributed by atoms with Crippen LogP contribution in [0.5, 0.6) is 0 Å². The Kier molecular flexibility index (Phi) is 6.87. The lowest BCUT2D eigenvalue weighted by atomic mass is 9.74. The lowest BCUT2D eigenvalue weighted by Gasteiger charge is -2.34. The fourth-order valence-electron chi connectivity index (χ4n) is 3.07. The van der Waals surface area contributed by atoms with E-state index < -0.39 is 0 Å². The van der Waals surface area contributed by atoms with Gasteiger partial charge in [0.05, 0.1) is 0 Å². The second kappa shape index (κ2) is 7.90. The third-order valence-electron chi connectivity index (χ3n) is 4.13. The monoisotopic (exact) mass is 255 g/mol. The minimum atomic E-state index is 0.240. The van der Waals surface area contributed by atoms with Gasteiger partial charge in [-0.05, 0) is 51.1 Å². The summed E-state index contributed by atoms with van der Waals surface area (Å²) in [5, 5.41) is 8.73. The average Bonchev–Trinajstić information content (AvgIpc) is 2.29. The van der Waals surface area contributed by atoms with E-state index in [0.29, 0.717) is 24.2 Å². The molecule has 0 aromatic rings. The Hall–Kier alpha value is -0.410. The average molecular weight is 255 g/mol. The fourth-order valence-corrected chi connectivity index (χ4v) is 3.07. The molecule has 1 N–H and O–H groups in total. The second-order valence-corrected chi connectivity index (χ2v) is 6.14. The smallest absolute Gasteiger partial charge is 0.137 e. The zero-order chi connectivity index (χ0) is 13.5. The minimum absolute atomic E-state index is 0.240. The van der Waals surface area contributed by atoms with Gasteiger partial charge in [-0.15, -0.1) is 0 Å². The molecule has 0 amide bonds. The van der Waals surface area contributed by atoms with E-state index in [1.54, 1.807) is 0 Å². The van der Waals surface area contributed by atoms with Crippen molar-refractivity contribution in [2.45, 2.75) is 46.0 Å². The van der Waals surface area contributed by atoms with E-state index in [-0.39, 0.29) is 5.92 Å². The van der Waals surface area contributed by atoms with E-state index in [1.807, 2.05) is 0 Å². The second-order valence-electron chi connectivity index (χ2n) is 6.14. The van der Waals surface area contributed by atoms with Crippen molar-refractivity contribution >= 4 is 5.78 Å². The Morgan fingerprint density at radius 2 is 2.00 bits per heavy atom. The molecular formula is C15H29NO2. The molecule has 0 heterocycles. The van der Waals surface area contributed by atoms with Crippen molar-refractivity contribution in [3.63, 3.8) is 0 Å². The van der Waals surface area contributed by atoms with Gasteiger partial charge in [-0.3, -0.25) is 4.79 Å². The van der Waals surface area contributed by atoms with Gasteiger partial charge in [0.1, 0.15) is 5.78 Å². The van der Waals surface area contributed by atoms with Crippen molar-refractivity contribution in [2.75, 3.05) is 26.7 Å². The van der Waals surface area contributed by atoms with E-state index in [0.717, 1.165) is 38.8 Å². The highest BCUT2D eigenvalue weighted by Gasteiger charge is 2.32. The van der Waals surface area contributed by atoms with E-state index in [9.17, 15) is 4.79 Å². The summed E-state index contributed by atoms with van der Waals surface area (Å²) in [5.41, 5.74) is 0. The lowest BCUT2D eigenvalue weighted by molar-refractivity contribution is -0.128. The maximum atomic E-state index is 12.1. The molecule has 3 unspecified atom stereocenters. The number of hydrogen-bond donors (Lipinski definition) is 1. The predicted octanol–water partition coefficient (Wildman–Crippen LogP) is 2.33. The molecule has 1 saturated carbocycles. The SMILES string of the molecule is CC1CC(=O)C(CN(C)CCCCCO)C(C)C1. The van der Waals surface area contributed by atoms with E-state index >= 15 is 0 Å². The van der Waals surface area contributed by atoms with E-state index in [4.69, 9.17) is 5.11 Å². The minimum Gasteiger partial charge on any atom is -0.396 e. The number of ketones is 1. The molecule has 0 aromatic heterocycles. The molecular weight excluding hydrogens is 226 g/mol. The largest absolute Gasteiger partial charge is 0.396 e. The highest BCUT2D eigenvalue weighted by molar-refractivity contribution is 5.82. The maximum absolute atomic E-state index is 12.1. The summed E-state index contributed by atoms with van der Waals surface area (Å²) in [6.07, 6.45) is 5.04. The number of hydrogen-bond acceptors (Lipinski definition) is 3. The summed E-state index contributed by atoms with van der Waals surface area (Å²) in [5.74, 6) is 1.80. The molecule has 3 atom stereocenters. The van der Waals surface area contributed by atoms with Crippen LogP contribution in [0, 0.1) is 17.8 Å². The van der Waals surface area contributed by atoms with E-state index in [2.05, 4.69) is 25.8 Å². The summed E-state index contributed by atoms with van der Waals surface area (Å²) < 4.78 is 0. The third kappa shape index (κ3) is 5.07. The van der Waals surface area contributed by atoms with Crippen molar-refractivity contribution in [3.05, 3.63) is 0 Å². The number of carbonyl (C=O) groups is 1. The topological polar surface area (TPSA) is 40.5 Å². The molecule has 18 heavy (non-hydrogen) atoms. The van der Waals surface area contributed by atoms with Crippen molar-refractivity contribution in [1.82, 2.24) is 4.90 Å². The quantitative estimate of drug-likeness (QED) is 0.710. The molecule has 0 bridgehead atoms. The zero-order valence-electron chi connectivity index (χ0n) is 12.2. The number of aliphatic hydroxyl groups is 1. The summed E-state index contributed by atoms with van der Waals surface area (Å²) in [6, 6.07) is 0. The molecule has 0 aromatic carbocycles. The molecule has 3 nitrogen and oxygen atoms in total. The first-order valence-electron chi connectivity index (χ1n) is 7.36. The first kappa shape index (κ1) is 15.6. The van der Waals surface area contributed by atoms with Gasteiger partial charge in [0, 0.05) is 25.5 Å². The standard InChI is InChI=1S/C15H29NO2/c1-12-9-13(2)14(15(18)10-12)11-16(3)7-5-4-6-8-17/h12-14,17H,4-11H2,1-3H3. The molecule has 1 aliphatic carbocycles. The summed E-state index contributed by atoms with van der Waals surface area (Å²) in [4.78, 5) is 14.4. The molecule has 1 aliphatic rings. The molecule has 0 saturated heterocycles. The van der Waals surface area contributed by atoms with Crippen LogP contribution in [-0.4, -0.2) is 42.5 Å². The predicted molar refractivity (Wildman–Crippen MR) is 74.5 cm³/mol. The number of nitrogens with zero attached hydrogens (tertiary/aromatic N) is 1. The maximum Gasteiger partial charge on any atom is 0.137 e. The first-order chi connectivity index (χ1) is 8.54. The van der Waals surface area contributed by atoms with Gasteiger partial charge < -0.3 is 10.0 Å². The molecule has 3 heteroatoms.